The van der Waals surface area contributed by atoms with Crippen molar-refractivity contribution in [1.82, 2.24) is 4.57 Å². The molecule has 64 heavy (non-hydrogen) atoms. The Morgan fingerprint density at radius 1 is 0.375 bits per heavy atom. The molecule has 0 radical (unpaired) electrons. The molecule has 0 unspecified atom stereocenters. The van der Waals surface area contributed by atoms with Gasteiger partial charge in [-0.25, -0.2) is 0 Å². The lowest BCUT2D eigenvalue weighted by atomic mass is 9.98. The minimum absolute atomic E-state index is 0.843. The summed E-state index contributed by atoms with van der Waals surface area (Å²) in [6, 6.07) is 83.2. The van der Waals surface area contributed by atoms with Crippen LogP contribution in [-0.2, 0) is 0 Å². The van der Waals surface area contributed by atoms with E-state index < -0.39 is 0 Å². The maximum atomic E-state index is 7.22. The molecule has 0 saturated carbocycles. The highest BCUT2D eigenvalue weighted by molar-refractivity contribution is 7.26. The number of fused-ring (bicyclic) bond motifs is 9. The van der Waals surface area contributed by atoms with Crippen LogP contribution in [0.1, 0.15) is 0 Å². The van der Waals surface area contributed by atoms with Crippen molar-refractivity contribution < 1.29 is 4.42 Å². The molecule has 13 rings (SSSR count). The molecule has 0 fully saturated rings. The first-order chi connectivity index (χ1) is 31.8. The summed E-state index contributed by atoms with van der Waals surface area (Å²) in [5.41, 5.74) is 15.3. The predicted octanol–water partition coefficient (Wildman–Crippen LogP) is 17.5. The molecule has 3 heterocycles. The Kier molecular flexibility index (Phi) is 8.40. The maximum absolute atomic E-state index is 7.22. The molecule has 10 aromatic carbocycles. The van der Waals surface area contributed by atoms with Crippen LogP contribution in [0.2, 0.25) is 0 Å². The van der Waals surface area contributed by atoms with Gasteiger partial charge in [0.05, 0.1) is 22.4 Å². The van der Waals surface area contributed by atoms with Gasteiger partial charge in [0.25, 0.3) is 0 Å². The van der Waals surface area contributed by atoms with Gasteiger partial charge in [-0.3, -0.25) is 0 Å². The Morgan fingerprint density at radius 2 is 0.984 bits per heavy atom. The number of benzene rings is 10. The van der Waals surface area contributed by atoms with Gasteiger partial charge in [-0.15, -0.1) is 11.3 Å². The van der Waals surface area contributed by atoms with Crippen molar-refractivity contribution in [2.45, 2.75) is 0 Å². The zero-order valence-electron chi connectivity index (χ0n) is 34.7. The van der Waals surface area contributed by atoms with Gasteiger partial charge < -0.3 is 13.9 Å². The summed E-state index contributed by atoms with van der Waals surface area (Å²) in [7, 11) is 0. The molecular weight excluding hydrogens is 797 g/mol. The third-order valence-corrected chi connectivity index (χ3v) is 14.0. The largest absolute Gasteiger partial charge is 0.453 e. The maximum Gasteiger partial charge on any atom is 0.159 e. The van der Waals surface area contributed by atoms with E-state index in [4.69, 9.17) is 4.42 Å². The molecule has 3 nitrogen and oxygen atoms in total. The van der Waals surface area contributed by atoms with Gasteiger partial charge >= 0.3 is 0 Å². The fourth-order valence-corrected chi connectivity index (χ4v) is 11.2. The summed E-state index contributed by atoms with van der Waals surface area (Å²) in [6.07, 6.45) is 0. The van der Waals surface area contributed by atoms with Crippen LogP contribution in [-0.4, -0.2) is 4.57 Å². The highest BCUT2D eigenvalue weighted by atomic mass is 32.1. The number of aromatic nitrogens is 1. The van der Waals surface area contributed by atoms with E-state index in [1.807, 2.05) is 11.3 Å². The monoisotopic (exact) mass is 834 g/mol. The molecule has 0 amide bonds. The molecule has 4 heteroatoms. The van der Waals surface area contributed by atoms with E-state index in [-0.39, 0.29) is 0 Å². The van der Waals surface area contributed by atoms with E-state index in [0.29, 0.717) is 0 Å². The molecule has 0 atom stereocenters. The number of thiophene rings is 1. The van der Waals surface area contributed by atoms with E-state index in [1.54, 1.807) is 0 Å². The van der Waals surface area contributed by atoms with Gasteiger partial charge in [-0.1, -0.05) is 182 Å². The van der Waals surface area contributed by atoms with Crippen molar-refractivity contribution in [3.63, 3.8) is 0 Å². The number of hydrogen-bond donors (Lipinski definition) is 0. The van der Waals surface area contributed by atoms with E-state index >= 15 is 0 Å². The number of furan rings is 1. The van der Waals surface area contributed by atoms with E-state index in [0.717, 1.165) is 61.3 Å². The molecule has 0 aliphatic carbocycles. The minimum atomic E-state index is 0.843. The molecule has 0 bridgehead atoms. The van der Waals surface area contributed by atoms with Crippen molar-refractivity contribution in [3.8, 4) is 39.1 Å². The molecular formula is C60H38N2OS. The average molecular weight is 835 g/mol. The van der Waals surface area contributed by atoms with Gasteiger partial charge in [-0.05, 0) is 76.3 Å². The third-order valence-electron chi connectivity index (χ3n) is 12.8. The summed E-state index contributed by atoms with van der Waals surface area (Å²) in [4.78, 5) is 2.45. The third kappa shape index (κ3) is 5.73. The number of hydrogen-bond acceptors (Lipinski definition) is 3. The number of nitrogens with zero attached hydrogens (tertiary/aromatic N) is 2. The Hall–Kier alpha value is -8.18. The average Bonchev–Trinajstić information content (AvgIpc) is 4.05. The summed E-state index contributed by atoms with van der Waals surface area (Å²) in [5.74, 6) is 0. The lowest BCUT2D eigenvalue weighted by Crippen LogP contribution is -2.11. The smallest absolute Gasteiger partial charge is 0.159 e. The molecule has 3 aromatic heterocycles. The fourth-order valence-electron chi connectivity index (χ4n) is 9.89. The van der Waals surface area contributed by atoms with Crippen molar-refractivity contribution in [2.75, 3.05) is 4.90 Å². The predicted molar refractivity (Wildman–Crippen MR) is 272 cm³/mol. The summed E-state index contributed by atoms with van der Waals surface area (Å²) >= 11 is 1.87. The quantitative estimate of drug-likeness (QED) is 0.159. The molecule has 0 N–H and O–H groups in total. The number of rotatable bonds is 7. The molecule has 0 spiro atoms. The highest BCUT2D eigenvalue weighted by Crippen LogP contribution is 2.51. The molecule has 0 saturated heterocycles. The van der Waals surface area contributed by atoms with Gasteiger partial charge in [0.1, 0.15) is 5.58 Å². The summed E-state index contributed by atoms with van der Waals surface area (Å²) in [6.45, 7) is 0. The SMILES string of the molecule is c1ccc(-c2ccc3c(c2)sc2c(-c4ccccc4)ccc(N(c4ccc5c6ccccc6n(-c6ccccc6)c5c4)c4cccc5c4oc4c(-c6ccccc6)cccc45)c23)cc1. The summed E-state index contributed by atoms with van der Waals surface area (Å²) in [5, 5.41) is 7.03. The Morgan fingerprint density at radius 3 is 1.75 bits per heavy atom. The standard InChI is InChI=1S/C60H38N2OS/c1-5-17-39(18-6-1)42-31-33-51-56(37-42)64-60-46(41-21-9-3-10-22-41)35-36-53(57(51)60)62(44-32-34-48-47-25-13-14-29-52(47)61(55(48)38-44)43-23-11-4-12-24-43)54-30-16-28-50-49-27-15-26-45(58(49)63-59(50)54)40-19-7-2-8-20-40/h1-38H. The lowest BCUT2D eigenvalue weighted by Gasteiger charge is -2.27. The Balaban J connectivity index is 1.14. The first-order valence-electron chi connectivity index (χ1n) is 21.8. The van der Waals surface area contributed by atoms with Crippen LogP contribution in [0.4, 0.5) is 17.1 Å². The molecule has 300 valence electrons. The van der Waals surface area contributed by atoms with Crippen LogP contribution in [0.25, 0.3) is 103 Å². The van der Waals surface area contributed by atoms with Crippen molar-refractivity contribution >= 4 is 92.3 Å². The lowest BCUT2D eigenvalue weighted by molar-refractivity contribution is 0.670. The topological polar surface area (TPSA) is 21.3 Å². The van der Waals surface area contributed by atoms with Crippen LogP contribution in [0.3, 0.4) is 0 Å². The number of para-hydroxylation sites is 4. The van der Waals surface area contributed by atoms with Crippen molar-refractivity contribution in [3.05, 3.63) is 231 Å². The van der Waals surface area contributed by atoms with Crippen LogP contribution in [0.15, 0.2) is 235 Å². The fraction of sp³-hybridized carbons (Fsp3) is 0. The van der Waals surface area contributed by atoms with Gasteiger partial charge in [0, 0.05) is 58.7 Å². The second-order valence-electron chi connectivity index (χ2n) is 16.4. The minimum Gasteiger partial charge on any atom is -0.453 e. The molecule has 0 aliphatic heterocycles. The van der Waals surface area contributed by atoms with Crippen molar-refractivity contribution in [2.24, 2.45) is 0 Å². The van der Waals surface area contributed by atoms with E-state index in [9.17, 15) is 0 Å². The van der Waals surface area contributed by atoms with E-state index in [1.165, 1.54) is 58.7 Å². The second-order valence-corrected chi connectivity index (χ2v) is 17.5. The Bertz CT molecular complexity index is 3890. The Labute approximate surface area is 373 Å². The highest BCUT2D eigenvalue weighted by Gasteiger charge is 2.26. The van der Waals surface area contributed by atoms with E-state index in [2.05, 4.69) is 240 Å². The zero-order chi connectivity index (χ0) is 42.1. The van der Waals surface area contributed by atoms with Crippen molar-refractivity contribution in [1.29, 1.82) is 0 Å². The van der Waals surface area contributed by atoms with Gasteiger partial charge in [-0.2, -0.15) is 0 Å². The molecule has 13 aromatic rings. The first-order valence-corrected chi connectivity index (χ1v) is 22.6. The van der Waals surface area contributed by atoms with Crippen LogP contribution in [0.5, 0.6) is 0 Å². The first kappa shape index (κ1) is 36.5. The van der Waals surface area contributed by atoms with Gasteiger partial charge in [0.15, 0.2) is 5.58 Å². The van der Waals surface area contributed by atoms with Crippen LogP contribution < -0.4 is 4.90 Å². The van der Waals surface area contributed by atoms with Crippen LogP contribution in [0, 0.1) is 0 Å². The number of anilines is 3. The second kappa shape index (κ2) is 14.7. The van der Waals surface area contributed by atoms with Gasteiger partial charge in [0.2, 0.25) is 0 Å². The zero-order valence-corrected chi connectivity index (χ0v) is 35.5. The normalized spacial score (nSPS) is 11.8. The summed E-state index contributed by atoms with van der Waals surface area (Å²) < 4.78 is 12.1. The van der Waals surface area contributed by atoms with Crippen LogP contribution >= 0.6 is 11.3 Å². The molecule has 0 aliphatic rings.